The standard InChI is InChI=1S/C13H24N2O2/c1-13(2,3)17-12(16)15-7-6-10(9-15)8-14-11-4-5-11/h10-11,14H,4-9H2,1-3H3. The molecule has 4 heteroatoms. The molecule has 2 rings (SSSR count). The van der Waals surface area contributed by atoms with Crippen LogP contribution in [0, 0.1) is 5.92 Å². The molecule has 1 heterocycles. The molecule has 1 unspecified atom stereocenters. The Hall–Kier alpha value is -0.770. The molecule has 0 spiro atoms. The van der Waals surface area contributed by atoms with Gasteiger partial charge in [0, 0.05) is 19.1 Å². The van der Waals surface area contributed by atoms with Gasteiger partial charge < -0.3 is 15.0 Å². The lowest BCUT2D eigenvalue weighted by atomic mass is 10.1. The van der Waals surface area contributed by atoms with Crippen molar-refractivity contribution in [3.8, 4) is 0 Å². The third-order valence-corrected chi connectivity index (χ3v) is 3.21. The first kappa shape index (κ1) is 12.7. The molecule has 98 valence electrons. The smallest absolute Gasteiger partial charge is 0.410 e. The molecule has 1 saturated carbocycles. The average Bonchev–Trinajstić information content (AvgIpc) is 2.90. The fraction of sp³-hybridized carbons (Fsp3) is 0.923. The van der Waals surface area contributed by atoms with Crippen molar-refractivity contribution in [2.75, 3.05) is 19.6 Å². The van der Waals surface area contributed by atoms with Crippen LogP contribution in [0.25, 0.3) is 0 Å². The first-order valence-corrected chi connectivity index (χ1v) is 6.65. The highest BCUT2D eigenvalue weighted by molar-refractivity contribution is 5.68. The van der Waals surface area contributed by atoms with E-state index < -0.39 is 0 Å². The van der Waals surface area contributed by atoms with Gasteiger partial charge in [0.15, 0.2) is 0 Å². The molecule has 0 bridgehead atoms. The van der Waals surface area contributed by atoms with Crippen LogP contribution in [0.15, 0.2) is 0 Å². The molecule has 1 aliphatic heterocycles. The summed E-state index contributed by atoms with van der Waals surface area (Å²) in [6.07, 6.45) is 3.58. The number of hydrogen-bond donors (Lipinski definition) is 1. The van der Waals surface area contributed by atoms with Crippen molar-refractivity contribution >= 4 is 6.09 Å². The molecule has 0 aromatic rings. The lowest BCUT2D eigenvalue weighted by Crippen LogP contribution is -2.36. The van der Waals surface area contributed by atoms with Crippen molar-refractivity contribution < 1.29 is 9.53 Å². The molecule has 0 aromatic heterocycles. The van der Waals surface area contributed by atoms with E-state index in [9.17, 15) is 4.79 Å². The molecular formula is C13H24N2O2. The quantitative estimate of drug-likeness (QED) is 0.820. The Morgan fingerprint density at radius 2 is 2.06 bits per heavy atom. The second kappa shape index (κ2) is 4.84. The Kier molecular flexibility index (Phi) is 3.61. The number of carbonyl (C=O) groups excluding carboxylic acids is 1. The van der Waals surface area contributed by atoms with Crippen LogP contribution in [-0.4, -0.2) is 42.3 Å². The molecule has 0 aromatic carbocycles. The van der Waals surface area contributed by atoms with E-state index in [-0.39, 0.29) is 11.7 Å². The second-order valence-corrected chi connectivity index (χ2v) is 6.26. The van der Waals surface area contributed by atoms with Crippen LogP contribution in [-0.2, 0) is 4.74 Å². The van der Waals surface area contributed by atoms with Crippen molar-refractivity contribution in [3.63, 3.8) is 0 Å². The van der Waals surface area contributed by atoms with E-state index in [1.54, 1.807) is 0 Å². The number of amides is 1. The van der Waals surface area contributed by atoms with E-state index >= 15 is 0 Å². The summed E-state index contributed by atoms with van der Waals surface area (Å²) in [5, 5.41) is 3.53. The largest absolute Gasteiger partial charge is 0.444 e. The van der Waals surface area contributed by atoms with Crippen molar-refractivity contribution in [3.05, 3.63) is 0 Å². The van der Waals surface area contributed by atoms with Crippen LogP contribution in [0.3, 0.4) is 0 Å². The van der Waals surface area contributed by atoms with Crippen LogP contribution >= 0.6 is 0 Å². The van der Waals surface area contributed by atoms with Gasteiger partial charge in [-0.3, -0.25) is 0 Å². The van der Waals surface area contributed by atoms with Crippen LogP contribution < -0.4 is 5.32 Å². The number of hydrogen-bond acceptors (Lipinski definition) is 3. The molecule has 1 amide bonds. The number of nitrogens with one attached hydrogen (secondary N) is 1. The Bertz CT molecular complexity index is 282. The minimum atomic E-state index is -0.387. The van der Waals surface area contributed by atoms with Crippen molar-refractivity contribution in [2.24, 2.45) is 5.92 Å². The molecule has 1 aliphatic carbocycles. The molecule has 1 saturated heterocycles. The lowest BCUT2D eigenvalue weighted by Gasteiger charge is -2.24. The van der Waals surface area contributed by atoms with Gasteiger partial charge >= 0.3 is 6.09 Å². The number of carbonyl (C=O) groups is 1. The van der Waals surface area contributed by atoms with E-state index in [0.717, 1.165) is 32.1 Å². The van der Waals surface area contributed by atoms with E-state index in [1.165, 1.54) is 12.8 Å². The predicted molar refractivity (Wildman–Crippen MR) is 66.9 cm³/mol. The van der Waals surface area contributed by atoms with Gasteiger partial charge in [-0.05, 0) is 52.5 Å². The van der Waals surface area contributed by atoms with E-state index in [1.807, 2.05) is 25.7 Å². The third-order valence-electron chi connectivity index (χ3n) is 3.21. The highest BCUT2D eigenvalue weighted by atomic mass is 16.6. The third kappa shape index (κ3) is 4.19. The Labute approximate surface area is 104 Å². The van der Waals surface area contributed by atoms with Crippen molar-refractivity contribution in [1.29, 1.82) is 0 Å². The van der Waals surface area contributed by atoms with E-state index in [0.29, 0.717) is 5.92 Å². The van der Waals surface area contributed by atoms with Crippen molar-refractivity contribution in [1.82, 2.24) is 10.2 Å². The van der Waals surface area contributed by atoms with Crippen LogP contribution in [0.1, 0.15) is 40.0 Å². The van der Waals surface area contributed by atoms with Gasteiger partial charge in [-0.1, -0.05) is 0 Å². The zero-order chi connectivity index (χ0) is 12.5. The lowest BCUT2D eigenvalue weighted by molar-refractivity contribution is 0.0288. The number of nitrogens with zero attached hydrogens (tertiary/aromatic N) is 1. The maximum absolute atomic E-state index is 11.8. The topological polar surface area (TPSA) is 41.6 Å². The SMILES string of the molecule is CC(C)(C)OC(=O)N1CCC(CNC2CC2)C1. The Morgan fingerprint density at radius 1 is 1.35 bits per heavy atom. The maximum atomic E-state index is 11.8. The maximum Gasteiger partial charge on any atom is 0.410 e. The average molecular weight is 240 g/mol. The van der Waals surface area contributed by atoms with Crippen LogP contribution in [0.5, 0.6) is 0 Å². The summed E-state index contributed by atoms with van der Waals surface area (Å²) in [6.45, 7) is 8.46. The van der Waals surface area contributed by atoms with Gasteiger partial charge in [-0.15, -0.1) is 0 Å². The first-order valence-electron chi connectivity index (χ1n) is 6.65. The summed E-state index contributed by atoms with van der Waals surface area (Å²) in [5.41, 5.74) is -0.387. The Morgan fingerprint density at radius 3 is 2.65 bits per heavy atom. The zero-order valence-electron chi connectivity index (χ0n) is 11.2. The van der Waals surface area contributed by atoms with Gasteiger partial charge in [0.1, 0.15) is 5.60 Å². The molecule has 2 aliphatic rings. The summed E-state index contributed by atoms with van der Waals surface area (Å²) in [4.78, 5) is 13.7. The highest BCUT2D eigenvalue weighted by Crippen LogP contribution is 2.22. The van der Waals surface area contributed by atoms with Crippen LogP contribution in [0.2, 0.25) is 0 Å². The molecule has 1 atom stereocenters. The predicted octanol–water partition coefficient (Wildman–Crippen LogP) is 2.00. The van der Waals surface area contributed by atoms with Crippen molar-refractivity contribution in [2.45, 2.75) is 51.7 Å². The summed E-state index contributed by atoms with van der Waals surface area (Å²) in [5.74, 6) is 0.600. The molecule has 0 radical (unpaired) electrons. The van der Waals surface area contributed by atoms with Crippen LogP contribution in [0.4, 0.5) is 4.79 Å². The van der Waals surface area contributed by atoms with Gasteiger partial charge in [0.05, 0.1) is 0 Å². The monoisotopic (exact) mass is 240 g/mol. The fourth-order valence-electron chi connectivity index (χ4n) is 2.11. The van der Waals surface area contributed by atoms with Gasteiger partial charge in [-0.2, -0.15) is 0 Å². The fourth-order valence-corrected chi connectivity index (χ4v) is 2.11. The summed E-state index contributed by atoms with van der Waals surface area (Å²) in [7, 11) is 0. The zero-order valence-corrected chi connectivity index (χ0v) is 11.2. The highest BCUT2D eigenvalue weighted by Gasteiger charge is 2.30. The van der Waals surface area contributed by atoms with E-state index in [2.05, 4.69) is 5.32 Å². The molecular weight excluding hydrogens is 216 g/mol. The normalized spacial score (nSPS) is 25.1. The van der Waals surface area contributed by atoms with E-state index in [4.69, 9.17) is 4.74 Å². The first-order chi connectivity index (χ1) is 7.94. The van der Waals surface area contributed by atoms with Gasteiger partial charge in [0.2, 0.25) is 0 Å². The molecule has 1 N–H and O–H groups in total. The number of ether oxygens (including phenoxy) is 1. The molecule has 4 nitrogen and oxygen atoms in total. The molecule has 2 fully saturated rings. The minimum Gasteiger partial charge on any atom is -0.444 e. The Balaban J connectivity index is 1.70. The molecule has 17 heavy (non-hydrogen) atoms. The minimum absolute atomic E-state index is 0.161. The number of rotatable bonds is 3. The summed E-state index contributed by atoms with van der Waals surface area (Å²) < 4.78 is 5.37. The summed E-state index contributed by atoms with van der Waals surface area (Å²) in [6, 6.07) is 0.755. The van der Waals surface area contributed by atoms with Gasteiger partial charge in [0.25, 0.3) is 0 Å². The number of likely N-dealkylation sites (tertiary alicyclic amines) is 1. The summed E-state index contributed by atoms with van der Waals surface area (Å²) >= 11 is 0. The second-order valence-electron chi connectivity index (χ2n) is 6.26. The van der Waals surface area contributed by atoms with Gasteiger partial charge in [-0.25, -0.2) is 4.79 Å².